The number of non-ortho nitro benzene ring substituents is 1. The monoisotopic (exact) mass is 474 g/mol. The van der Waals surface area contributed by atoms with Crippen LogP contribution >= 0.6 is 0 Å². The van der Waals surface area contributed by atoms with Gasteiger partial charge in [-0.2, -0.15) is 4.31 Å². The summed E-state index contributed by atoms with van der Waals surface area (Å²) in [6, 6.07) is 8.43. The van der Waals surface area contributed by atoms with Crippen LogP contribution in [0.25, 0.3) is 11.1 Å². The highest BCUT2D eigenvalue weighted by Gasteiger charge is 2.29. The molecule has 12 heteroatoms. The molecule has 0 N–H and O–H groups in total. The summed E-state index contributed by atoms with van der Waals surface area (Å²) in [6.07, 6.45) is 0.482. The average Bonchev–Trinajstić information content (AvgIpc) is 3.34. The van der Waals surface area contributed by atoms with Crippen molar-refractivity contribution >= 4 is 38.4 Å². The lowest BCUT2D eigenvalue weighted by molar-refractivity contribution is -0.384. The second-order valence-corrected chi connectivity index (χ2v) is 9.48. The average molecular weight is 474 g/mol. The van der Waals surface area contributed by atoms with E-state index in [0.717, 1.165) is 16.2 Å². The summed E-state index contributed by atoms with van der Waals surface area (Å²) in [5.74, 6) is -1.17. The fraction of sp³-hybridized carbons (Fsp3) is 0.333. The predicted octanol–water partition coefficient (Wildman–Crippen LogP) is 2.12. The topological polar surface area (TPSA) is 136 Å². The Hall–Kier alpha value is -3.51. The molecule has 4 rings (SSSR count). The number of carbonyl (C=O) groups is 1. The third-order valence-electron chi connectivity index (χ3n) is 5.75. The maximum atomic E-state index is 13.0. The molecule has 33 heavy (non-hydrogen) atoms. The first-order valence-electron chi connectivity index (χ1n) is 10.4. The molecule has 0 radical (unpaired) electrons. The molecule has 0 saturated heterocycles. The molecule has 1 aliphatic heterocycles. The van der Waals surface area contributed by atoms with Crippen LogP contribution in [0, 0.1) is 10.1 Å². The van der Waals surface area contributed by atoms with E-state index in [0.29, 0.717) is 31.7 Å². The van der Waals surface area contributed by atoms with Crippen molar-refractivity contribution in [3.8, 4) is 0 Å². The van der Waals surface area contributed by atoms with Crippen molar-refractivity contribution in [3.63, 3.8) is 0 Å². The van der Waals surface area contributed by atoms with Crippen LogP contribution in [0.3, 0.4) is 0 Å². The molecule has 0 spiro atoms. The number of sulfonamides is 1. The van der Waals surface area contributed by atoms with Crippen LogP contribution in [0.15, 0.2) is 50.5 Å². The van der Waals surface area contributed by atoms with Gasteiger partial charge in [0.2, 0.25) is 15.9 Å². The van der Waals surface area contributed by atoms with E-state index in [2.05, 4.69) is 0 Å². The number of hydrogen-bond donors (Lipinski definition) is 0. The summed E-state index contributed by atoms with van der Waals surface area (Å²) in [4.78, 5) is 37.3. The van der Waals surface area contributed by atoms with Gasteiger partial charge >= 0.3 is 5.76 Å². The van der Waals surface area contributed by atoms with Gasteiger partial charge in [-0.25, -0.2) is 13.2 Å². The Morgan fingerprint density at radius 2 is 1.91 bits per heavy atom. The van der Waals surface area contributed by atoms with Gasteiger partial charge < -0.3 is 9.32 Å². The van der Waals surface area contributed by atoms with E-state index in [-0.39, 0.29) is 34.1 Å². The second-order valence-electron chi connectivity index (χ2n) is 7.54. The lowest BCUT2D eigenvalue weighted by Crippen LogP contribution is -2.34. The van der Waals surface area contributed by atoms with Gasteiger partial charge in [-0.05, 0) is 36.2 Å². The number of oxazole rings is 1. The molecule has 3 aromatic rings. The van der Waals surface area contributed by atoms with Crippen LogP contribution in [0.2, 0.25) is 0 Å². The Morgan fingerprint density at radius 1 is 1.18 bits per heavy atom. The van der Waals surface area contributed by atoms with Crippen LogP contribution in [-0.2, 0) is 27.8 Å². The predicted molar refractivity (Wildman–Crippen MR) is 120 cm³/mol. The summed E-state index contributed by atoms with van der Waals surface area (Å²) in [6.45, 7) is 4.29. The van der Waals surface area contributed by atoms with Crippen LogP contribution in [0.4, 0.5) is 11.4 Å². The number of carbonyl (C=O) groups excluding carboxylic acids is 1. The zero-order chi connectivity index (χ0) is 23.9. The second kappa shape index (κ2) is 8.45. The number of nitro benzene ring substituents is 1. The van der Waals surface area contributed by atoms with Crippen molar-refractivity contribution in [1.29, 1.82) is 0 Å². The van der Waals surface area contributed by atoms with Gasteiger partial charge in [0.1, 0.15) is 6.54 Å². The number of benzene rings is 2. The van der Waals surface area contributed by atoms with E-state index in [1.807, 2.05) is 0 Å². The number of nitrogens with zero attached hydrogens (tertiary/aromatic N) is 4. The van der Waals surface area contributed by atoms with Gasteiger partial charge in [-0.3, -0.25) is 19.5 Å². The number of hydrogen-bond acceptors (Lipinski definition) is 7. The number of rotatable bonds is 7. The van der Waals surface area contributed by atoms with E-state index in [1.165, 1.54) is 27.4 Å². The minimum absolute atomic E-state index is 0.0232. The number of amides is 1. The highest BCUT2D eigenvalue weighted by Crippen LogP contribution is 2.31. The molecule has 0 bridgehead atoms. The fourth-order valence-corrected chi connectivity index (χ4v) is 5.56. The lowest BCUT2D eigenvalue weighted by Gasteiger charge is -2.20. The Labute approximate surface area is 189 Å². The van der Waals surface area contributed by atoms with E-state index >= 15 is 0 Å². The fourth-order valence-electron chi connectivity index (χ4n) is 4.05. The molecule has 1 aliphatic rings. The summed E-state index contributed by atoms with van der Waals surface area (Å²) < 4.78 is 33.2. The number of aromatic nitrogens is 1. The van der Waals surface area contributed by atoms with Crippen LogP contribution in [-0.4, -0.2) is 47.8 Å². The first-order valence-corrected chi connectivity index (χ1v) is 11.8. The van der Waals surface area contributed by atoms with Gasteiger partial charge in [0.15, 0.2) is 5.58 Å². The third kappa shape index (κ3) is 3.91. The highest BCUT2D eigenvalue weighted by atomic mass is 32.2. The number of fused-ring (bicyclic) bond motifs is 2. The Bertz CT molecular complexity index is 1420. The lowest BCUT2D eigenvalue weighted by atomic mass is 10.2. The zero-order valence-corrected chi connectivity index (χ0v) is 18.9. The molecule has 0 saturated carbocycles. The standard InChI is InChI=1S/C21H22N4O7S/c1-3-22(4-2)33(30,31)16-6-8-17-14(11-16)9-10-23(17)20(26)13-24-18-7-5-15(25(28)29)12-19(18)32-21(24)27/h5-8,11-12H,3-4,9-10,13H2,1-2H3. The zero-order valence-electron chi connectivity index (χ0n) is 18.1. The molecule has 2 aromatic carbocycles. The maximum Gasteiger partial charge on any atom is 0.420 e. The van der Waals surface area contributed by atoms with Crippen molar-refractivity contribution in [2.24, 2.45) is 0 Å². The van der Waals surface area contributed by atoms with Crippen molar-refractivity contribution in [2.45, 2.75) is 31.7 Å². The smallest absolute Gasteiger partial charge is 0.407 e. The van der Waals surface area contributed by atoms with Gasteiger partial charge in [-0.15, -0.1) is 0 Å². The molecule has 2 heterocycles. The molecular formula is C21H22N4O7S. The SMILES string of the molecule is CCN(CC)S(=O)(=O)c1ccc2c(c1)CCN2C(=O)Cn1c(=O)oc2cc([N+](=O)[O-])ccc21. The number of nitro groups is 1. The van der Waals surface area contributed by atoms with E-state index in [1.54, 1.807) is 26.0 Å². The third-order valence-corrected chi connectivity index (χ3v) is 7.79. The van der Waals surface area contributed by atoms with Crippen molar-refractivity contribution in [2.75, 3.05) is 24.5 Å². The van der Waals surface area contributed by atoms with Gasteiger partial charge in [0.05, 0.1) is 21.4 Å². The molecule has 174 valence electrons. The minimum atomic E-state index is -3.62. The van der Waals surface area contributed by atoms with Crippen LogP contribution < -0.4 is 10.7 Å². The quantitative estimate of drug-likeness (QED) is 0.378. The van der Waals surface area contributed by atoms with Gasteiger partial charge in [0, 0.05) is 31.4 Å². The van der Waals surface area contributed by atoms with E-state index in [4.69, 9.17) is 4.42 Å². The Kier molecular flexibility index (Phi) is 5.80. The number of anilines is 1. The molecule has 0 fully saturated rings. The van der Waals surface area contributed by atoms with Crippen molar-refractivity contribution < 1.29 is 22.6 Å². The minimum Gasteiger partial charge on any atom is -0.407 e. The summed E-state index contributed by atoms with van der Waals surface area (Å²) in [5.41, 5.74) is 1.40. The molecule has 0 aliphatic carbocycles. The van der Waals surface area contributed by atoms with Crippen molar-refractivity contribution in [3.05, 3.63) is 62.6 Å². The largest absolute Gasteiger partial charge is 0.420 e. The van der Waals surface area contributed by atoms with Crippen LogP contribution in [0.1, 0.15) is 19.4 Å². The summed E-state index contributed by atoms with van der Waals surface area (Å²) in [7, 11) is -3.62. The summed E-state index contributed by atoms with van der Waals surface area (Å²) in [5, 5.41) is 10.9. The Balaban J connectivity index is 1.61. The van der Waals surface area contributed by atoms with E-state index in [9.17, 15) is 28.1 Å². The van der Waals surface area contributed by atoms with Gasteiger partial charge in [0.25, 0.3) is 5.69 Å². The van der Waals surface area contributed by atoms with Crippen molar-refractivity contribution in [1.82, 2.24) is 8.87 Å². The van der Waals surface area contributed by atoms with E-state index < -0.39 is 20.7 Å². The highest BCUT2D eigenvalue weighted by molar-refractivity contribution is 7.89. The molecular weight excluding hydrogens is 452 g/mol. The molecule has 0 unspecified atom stereocenters. The summed E-state index contributed by atoms with van der Waals surface area (Å²) >= 11 is 0. The molecule has 11 nitrogen and oxygen atoms in total. The maximum absolute atomic E-state index is 13.0. The first-order chi connectivity index (χ1) is 15.7. The first kappa shape index (κ1) is 22.7. The van der Waals surface area contributed by atoms with Crippen LogP contribution in [0.5, 0.6) is 0 Å². The molecule has 1 amide bonds. The molecule has 0 atom stereocenters. The normalized spacial score (nSPS) is 13.6. The van der Waals surface area contributed by atoms with Gasteiger partial charge in [-0.1, -0.05) is 13.8 Å². The Morgan fingerprint density at radius 3 is 2.58 bits per heavy atom. The molecule has 1 aromatic heterocycles.